The Morgan fingerprint density at radius 3 is 2.86 bits per heavy atom. The average molecular weight is 292 g/mol. The van der Waals surface area contributed by atoms with E-state index < -0.39 is 0 Å². The largest absolute Gasteiger partial charge is 0.354 e. The van der Waals surface area contributed by atoms with Crippen molar-refractivity contribution in [2.45, 2.75) is 71.5 Å². The molecule has 0 bridgehead atoms. The molecule has 0 unspecified atom stereocenters. The van der Waals surface area contributed by atoms with Crippen LogP contribution >= 0.6 is 0 Å². The van der Waals surface area contributed by atoms with Crippen LogP contribution in [0, 0.1) is 0 Å². The molecule has 1 saturated carbocycles. The van der Waals surface area contributed by atoms with E-state index in [9.17, 15) is 0 Å². The molecule has 0 aliphatic heterocycles. The Kier molecular flexibility index (Phi) is 6.02. The van der Waals surface area contributed by atoms with Crippen LogP contribution in [0.5, 0.6) is 0 Å². The van der Waals surface area contributed by atoms with E-state index in [0.29, 0.717) is 12.1 Å². The van der Waals surface area contributed by atoms with Gasteiger partial charge in [-0.25, -0.2) is 0 Å². The van der Waals surface area contributed by atoms with Gasteiger partial charge in [-0.05, 0) is 26.7 Å². The van der Waals surface area contributed by atoms with E-state index in [0.717, 1.165) is 31.3 Å². The second-order valence-electron chi connectivity index (χ2n) is 5.95. The van der Waals surface area contributed by atoms with E-state index in [2.05, 4.69) is 46.2 Å². The Morgan fingerprint density at radius 2 is 2.19 bits per heavy atom. The monoisotopic (exact) mass is 292 g/mol. The molecule has 1 aliphatic carbocycles. The lowest BCUT2D eigenvalue weighted by Crippen LogP contribution is -2.45. The summed E-state index contributed by atoms with van der Waals surface area (Å²) < 4.78 is 2.08. The fourth-order valence-corrected chi connectivity index (χ4v) is 2.68. The summed E-state index contributed by atoms with van der Waals surface area (Å²) >= 11 is 0. The van der Waals surface area contributed by atoms with E-state index in [1.165, 1.54) is 25.7 Å². The highest BCUT2D eigenvalue weighted by Crippen LogP contribution is 2.17. The Labute approximate surface area is 127 Å². The van der Waals surface area contributed by atoms with Crippen molar-refractivity contribution in [3.63, 3.8) is 0 Å². The van der Waals surface area contributed by atoms with E-state index in [4.69, 9.17) is 4.99 Å². The second kappa shape index (κ2) is 8.00. The lowest BCUT2D eigenvalue weighted by atomic mass is 10.2. The van der Waals surface area contributed by atoms with E-state index in [1.54, 1.807) is 6.33 Å². The fourth-order valence-electron chi connectivity index (χ4n) is 2.68. The Morgan fingerprint density at radius 1 is 1.43 bits per heavy atom. The van der Waals surface area contributed by atoms with Crippen LogP contribution in [0.25, 0.3) is 0 Å². The van der Waals surface area contributed by atoms with Gasteiger partial charge in [-0.3, -0.25) is 4.99 Å². The second-order valence-corrected chi connectivity index (χ2v) is 5.95. The van der Waals surface area contributed by atoms with Gasteiger partial charge in [0, 0.05) is 25.0 Å². The van der Waals surface area contributed by atoms with Crippen molar-refractivity contribution in [3.05, 3.63) is 12.2 Å². The molecule has 118 valence electrons. The summed E-state index contributed by atoms with van der Waals surface area (Å²) in [6, 6.07) is 0.967. The molecule has 1 aromatic heterocycles. The Bertz CT molecular complexity index is 445. The predicted octanol–water partition coefficient (Wildman–Crippen LogP) is 1.73. The van der Waals surface area contributed by atoms with Crippen molar-refractivity contribution >= 4 is 5.96 Å². The normalized spacial score (nSPS) is 16.7. The van der Waals surface area contributed by atoms with Crippen molar-refractivity contribution < 1.29 is 0 Å². The minimum absolute atomic E-state index is 0.388. The third kappa shape index (κ3) is 5.02. The average Bonchev–Trinajstić information content (AvgIpc) is 3.09. The first-order valence-electron chi connectivity index (χ1n) is 8.13. The van der Waals surface area contributed by atoms with Gasteiger partial charge < -0.3 is 15.2 Å². The molecule has 2 N–H and O–H groups in total. The van der Waals surface area contributed by atoms with Gasteiger partial charge in [-0.1, -0.05) is 19.8 Å². The molecule has 1 aromatic rings. The molecule has 6 heteroatoms. The first-order valence-corrected chi connectivity index (χ1v) is 8.13. The number of aromatic nitrogens is 3. The van der Waals surface area contributed by atoms with Gasteiger partial charge in [0.25, 0.3) is 0 Å². The van der Waals surface area contributed by atoms with Gasteiger partial charge in [0.15, 0.2) is 5.96 Å². The van der Waals surface area contributed by atoms with Crippen molar-refractivity contribution in [3.8, 4) is 0 Å². The zero-order valence-electron chi connectivity index (χ0n) is 13.5. The van der Waals surface area contributed by atoms with Crippen molar-refractivity contribution in [2.75, 3.05) is 6.54 Å². The fraction of sp³-hybridized carbons (Fsp3) is 0.800. The highest BCUT2D eigenvalue weighted by molar-refractivity contribution is 5.80. The van der Waals surface area contributed by atoms with Crippen LogP contribution in [0.15, 0.2) is 11.3 Å². The number of nitrogens with one attached hydrogen (secondary N) is 2. The molecule has 0 atom stereocenters. The van der Waals surface area contributed by atoms with E-state index >= 15 is 0 Å². The van der Waals surface area contributed by atoms with Crippen molar-refractivity contribution in [2.24, 2.45) is 4.99 Å². The summed E-state index contributed by atoms with van der Waals surface area (Å²) in [6.45, 7) is 7.93. The first kappa shape index (κ1) is 15.8. The summed E-state index contributed by atoms with van der Waals surface area (Å²) in [5.74, 6) is 1.95. The molecule has 1 heterocycles. The van der Waals surface area contributed by atoms with Crippen LogP contribution in [0.4, 0.5) is 0 Å². The Hall–Kier alpha value is -1.59. The highest BCUT2D eigenvalue weighted by Gasteiger charge is 2.16. The summed E-state index contributed by atoms with van der Waals surface area (Å²) in [5.41, 5.74) is 0. The summed E-state index contributed by atoms with van der Waals surface area (Å²) in [7, 11) is 0. The van der Waals surface area contributed by atoms with Crippen LogP contribution in [0.3, 0.4) is 0 Å². The topological polar surface area (TPSA) is 67.1 Å². The standard InChI is InChI=1S/C15H28N6/c1-4-14-20-17-11-21(14)10-9-16-15(18-12(2)3)19-13-7-5-6-8-13/h11-13H,4-10H2,1-3H3,(H2,16,18,19). The van der Waals surface area contributed by atoms with Gasteiger partial charge in [0.1, 0.15) is 12.2 Å². The maximum absolute atomic E-state index is 4.70. The number of nitrogens with zero attached hydrogens (tertiary/aromatic N) is 4. The molecule has 1 aliphatic rings. The zero-order chi connectivity index (χ0) is 15.1. The van der Waals surface area contributed by atoms with Gasteiger partial charge in [-0.2, -0.15) is 0 Å². The molecule has 1 fully saturated rings. The molecule has 2 rings (SSSR count). The minimum Gasteiger partial charge on any atom is -0.354 e. The lowest BCUT2D eigenvalue weighted by Gasteiger charge is -2.19. The van der Waals surface area contributed by atoms with Gasteiger partial charge in [-0.15, -0.1) is 10.2 Å². The number of guanidine groups is 1. The molecule has 21 heavy (non-hydrogen) atoms. The third-order valence-corrected chi connectivity index (χ3v) is 3.74. The van der Waals surface area contributed by atoms with Crippen molar-refractivity contribution in [1.29, 1.82) is 0 Å². The van der Waals surface area contributed by atoms with Gasteiger partial charge in [0.05, 0.1) is 6.54 Å². The quantitative estimate of drug-likeness (QED) is 0.619. The molecule has 0 saturated heterocycles. The molecule has 0 aromatic carbocycles. The van der Waals surface area contributed by atoms with Crippen molar-refractivity contribution in [1.82, 2.24) is 25.4 Å². The van der Waals surface area contributed by atoms with Gasteiger partial charge in [0.2, 0.25) is 0 Å². The first-order chi connectivity index (χ1) is 10.2. The van der Waals surface area contributed by atoms with Crippen LogP contribution in [-0.4, -0.2) is 39.4 Å². The summed E-state index contributed by atoms with van der Waals surface area (Å²) in [6.07, 6.45) is 7.85. The lowest BCUT2D eigenvalue weighted by molar-refractivity contribution is 0.592. The predicted molar refractivity (Wildman–Crippen MR) is 85.4 cm³/mol. The number of aryl methyl sites for hydroxylation is 1. The van der Waals surface area contributed by atoms with E-state index in [1.807, 2.05) is 0 Å². The molecule has 6 nitrogen and oxygen atoms in total. The van der Waals surface area contributed by atoms with Crippen LogP contribution in [0.1, 0.15) is 52.3 Å². The smallest absolute Gasteiger partial charge is 0.191 e. The SMILES string of the molecule is CCc1nncn1CCN=C(NC(C)C)NC1CCCC1. The summed E-state index contributed by atoms with van der Waals surface area (Å²) in [4.78, 5) is 4.70. The molecule has 0 amide bonds. The highest BCUT2D eigenvalue weighted by atomic mass is 15.3. The number of rotatable bonds is 6. The van der Waals surface area contributed by atoms with Gasteiger partial charge >= 0.3 is 0 Å². The van der Waals surface area contributed by atoms with Crippen LogP contribution in [0.2, 0.25) is 0 Å². The Balaban J connectivity index is 1.89. The molecular weight excluding hydrogens is 264 g/mol. The minimum atomic E-state index is 0.388. The zero-order valence-corrected chi connectivity index (χ0v) is 13.5. The summed E-state index contributed by atoms with van der Waals surface area (Å²) in [5, 5.41) is 15.0. The molecule has 0 radical (unpaired) electrons. The maximum Gasteiger partial charge on any atom is 0.191 e. The number of hydrogen-bond acceptors (Lipinski definition) is 3. The molecular formula is C15H28N6. The number of hydrogen-bond donors (Lipinski definition) is 2. The third-order valence-electron chi connectivity index (χ3n) is 3.74. The van der Waals surface area contributed by atoms with Crippen LogP contribution < -0.4 is 10.6 Å². The number of aliphatic imine (C=N–C) groups is 1. The molecule has 0 spiro atoms. The van der Waals surface area contributed by atoms with E-state index in [-0.39, 0.29) is 0 Å². The van der Waals surface area contributed by atoms with Crippen LogP contribution in [-0.2, 0) is 13.0 Å². The maximum atomic E-state index is 4.70.